The molecule has 1 heterocycles. The van der Waals surface area contributed by atoms with Crippen LogP contribution in [0.3, 0.4) is 0 Å². The summed E-state index contributed by atoms with van der Waals surface area (Å²) < 4.78 is 14.4. The summed E-state index contributed by atoms with van der Waals surface area (Å²) in [6.45, 7) is 0. The fraction of sp³-hybridized carbons (Fsp3) is 0.0769. The predicted molar refractivity (Wildman–Crippen MR) is 78.4 cm³/mol. The van der Waals surface area contributed by atoms with Gasteiger partial charge in [0.25, 0.3) is 0 Å². The lowest BCUT2D eigenvalue weighted by Gasteiger charge is -2.09. The Kier molecular flexibility index (Phi) is 4.66. The maximum Gasteiger partial charge on any atom is 0.186 e. The minimum Gasteiger partial charge on any atom is -0.292 e. The highest BCUT2D eigenvalue weighted by molar-refractivity contribution is 7.20. The zero-order chi connectivity index (χ0) is 14.9. The summed E-state index contributed by atoms with van der Waals surface area (Å²) in [6, 6.07) is 7.30. The van der Waals surface area contributed by atoms with E-state index >= 15 is 0 Å². The number of carbonyl (C=O) groups is 1. The van der Waals surface area contributed by atoms with E-state index in [1.54, 1.807) is 6.07 Å². The molecule has 0 aliphatic carbocycles. The van der Waals surface area contributed by atoms with Crippen LogP contribution in [0.1, 0.15) is 21.8 Å². The average Bonchev–Trinajstić information content (AvgIpc) is 2.74. The van der Waals surface area contributed by atoms with Gasteiger partial charge in [0.2, 0.25) is 0 Å². The Labute approximate surface area is 133 Å². The lowest BCUT2D eigenvalue weighted by molar-refractivity contribution is 0.0978. The van der Waals surface area contributed by atoms with E-state index in [4.69, 9.17) is 34.8 Å². The van der Waals surface area contributed by atoms with Crippen LogP contribution in [0, 0.1) is 17.1 Å². The van der Waals surface area contributed by atoms with Crippen molar-refractivity contribution in [3.8, 4) is 6.07 Å². The van der Waals surface area contributed by atoms with Gasteiger partial charge in [0.05, 0.1) is 21.0 Å². The number of ketones is 1. The molecule has 2 nitrogen and oxygen atoms in total. The molecule has 0 spiro atoms. The van der Waals surface area contributed by atoms with Crippen molar-refractivity contribution in [3.05, 3.63) is 54.9 Å². The number of nitrogens with zero attached hydrogens (tertiary/aromatic N) is 1. The third kappa shape index (κ3) is 2.82. The Morgan fingerprint density at radius 1 is 1.35 bits per heavy atom. The van der Waals surface area contributed by atoms with Gasteiger partial charge in [-0.1, -0.05) is 46.9 Å². The van der Waals surface area contributed by atoms with Crippen LogP contribution in [-0.4, -0.2) is 5.78 Å². The Morgan fingerprint density at radius 2 is 2.05 bits per heavy atom. The molecule has 102 valence electrons. The SMILES string of the molecule is N#CC(C(=O)c1cc(Cl)sc1Cl)c1cccc(Cl)c1F. The van der Waals surface area contributed by atoms with Gasteiger partial charge < -0.3 is 0 Å². The Morgan fingerprint density at radius 3 is 2.60 bits per heavy atom. The number of Topliss-reactive ketones (excluding diaryl/α,β-unsaturated/α-hetero) is 1. The van der Waals surface area contributed by atoms with E-state index in [1.807, 2.05) is 0 Å². The first-order valence-corrected chi connectivity index (χ1v) is 7.23. The zero-order valence-electron chi connectivity index (χ0n) is 9.66. The second-order valence-corrected chi connectivity index (χ2v) is 6.50. The summed E-state index contributed by atoms with van der Waals surface area (Å²) in [7, 11) is 0. The fourth-order valence-corrected chi connectivity index (χ4v) is 3.33. The number of benzene rings is 1. The maximum absolute atomic E-state index is 13.9. The quantitative estimate of drug-likeness (QED) is 0.703. The first-order valence-electron chi connectivity index (χ1n) is 5.28. The first kappa shape index (κ1) is 15.3. The summed E-state index contributed by atoms with van der Waals surface area (Å²) in [5.74, 6) is -2.72. The van der Waals surface area contributed by atoms with Crippen LogP contribution >= 0.6 is 46.1 Å². The molecule has 2 rings (SSSR count). The summed E-state index contributed by atoms with van der Waals surface area (Å²) in [5.41, 5.74) is 0.0241. The number of hydrogen-bond acceptors (Lipinski definition) is 3. The summed E-state index contributed by atoms with van der Waals surface area (Å²) in [5, 5.41) is 9.02. The monoisotopic (exact) mass is 347 g/mol. The van der Waals surface area contributed by atoms with Gasteiger partial charge in [-0.05, 0) is 12.1 Å². The van der Waals surface area contributed by atoms with Crippen LogP contribution in [0.25, 0.3) is 0 Å². The van der Waals surface area contributed by atoms with Gasteiger partial charge in [0.1, 0.15) is 16.1 Å². The number of thiophene rings is 1. The van der Waals surface area contributed by atoms with Crippen molar-refractivity contribution >= 4 is 51.9 Å². The molecule has 0 radical (unpaired) electrons. The standard InChI is InChI=1S/C13H5Cl3FNOS/c14-9-3-1-2-6(11(9)17)8(5-18)12(19)7-4-10(15)20-13(7)16/h1-4,8H. The number of carbonyl (C=O) groups excluding carboxylic acids is 1. The molecule has 1 unspecified atom stereocenters. The van der Waals surface area contributed by atoms with Crippen molar-refractivity contribution in [3.63, 3.8) is 0 Å². The molecule has 7 heteroatoms. The predicted octanol–water partition coefficient (Wildman–Crippen LogP) is 5.34. The van der Waals surface area contributed by atoms with Crippen molar-refractivity contribution in [1.82, 2.24) is 0 Å². The molecule has 0 fully saturated rings. The van der Waals surface area contributed by atoms with E-state index in [0.717, 1.165) is 11.3 Å². The minimum atomic E-state index is -1.32. The van der Waals surface area contributed by atoms with E-state index in [-0.39, 0.29) is 20.5 Å². The first-order chi connectivity index (χ1) is 9.45. The van der Waals surface area contributed by atoms with Gasteiger partial charge in [-0.2, -0.15) is 5.26 Å². The molecule has 0 saturated carbocycles. The third-order valence-corrected chi connectivity index (χ3v) is 4.39. The number of nitriles is 1. The van der Waals surface area contributed by atoms with Crippen LogP contribution in [0.4, 0.5) is 4.39 Å². The van der Waals surface area contributed by atoms with Crippen molar-refractivity contribution in [2.45, 2.75) is 5.92 Å². The molecule has 0 amide bonds. The zero-order valence-corrected chi connectivity index (χ0v) is 12.7. The fourth-order valence-electron chi connectivity index (χ4n) is 1.68. The highest BCUT2D eigenvalue weighted by atomic mass is 35.5. The molecular formula is C13H5Cl3FNOS. The highest BCUT2D eigenvalue weighted by Crippen LogP contribution is 2.35. The van der Waals surface area contributed by atoms with Crippen LogP contribution in [-0.2, 0) is 0 Å². The molecule has 2 aromatic rings. The van der Waals surface area contributed by atoms with E-state index < -0.39 is 17.5 Å². The van der Waals surface area contributed by atoms with Crippen LogP contribution < -0.4 is 0 Å². The number of halogens is 4. The third-order valence-electron chi connectivity index (χ3n) is 2.61. The molecule has 1 aromatic heterocycles. The Bertz CT molecular complexity index is 723. The van der Waals surface area contributed by atoms with Crippen molar-refractivity contribution in [2.24, 2.45) is 0 Å². The topological polar surface area (TPSA) is 40.9 Å². The van der Waals surface area contributed by atoms with Gasteiger partial charge in [-0.25, -0.2) is 4.39 Å². The summed E-state index contributed by atoms with van der Waals surface area (Å²) >= 11 is 18.3. The van der Waals surface area contributed by atoms with Crippen molar-refractivity contribution in [1.29, 1.82) is 5.26 Å². The number of hydrogen-bond donors (Lipinski definition) is 0. The summed E-state index contributed by atoms with van der Waals surface area (Å²) in [4.78, 5) is 12.3. The molecule has 0 aliphatic rings. The van der Waals surface area contributed by atoms with E-state index in [0.29, 0.717) is 4.34 Å². The Hall–Kier alpha value is -1.12. The maximum atomic E-state index is 13.9. The van der Waals surface area contributed by atoms with E-state index in [9.17, 15) is 14.4 Å². The molecule has 20 heavy (non-hydrogen) atoms. The second kappa shape index (κ2) is 6.11. The summed E-state index contributed by atoms with van der Waals surface area (Å²) in [6.07, 6.45) is 0. The molecule has 1 aromatic carbocycles. The number of rotatable bonds is 3. The second-order valence-electron chi connectivity index (χ2n) is 3.81. The van der Waals surface area contributed by atoms with Gasteiger partial charge >= 0.3 is 0 Å². The van der Waals surface area contributed by atoms with Crippen molar-refractivity contribution in [2.75, 3.05) is 0 Å². The van der Waals surface area contributed by atoms with E-state index in [2.05, 4.69) is 0 Å². The van der Waals surface area contributed by atoms with Crippen molar-refractivity contribution < 1.29 is 9.18 Å². The van der Waals surface area contributed by atoms with Gasteiger partial charge in [-0.15, -0.1) is 11.3 Å². The smallest absolute Gasteiger partial charge is 0.186 e. The van der Waals surface area contributed by atoms with Gasteiger partial charge in [0, 0.05) is 5.56 Å². The highest BCUT2D eigenvalue weighted by Gasteiger charge is 2.28. The lowest BCUT2D eigenvalue weighted by Crippen LogP contribution is -2.12. The van der Waals surface area contributed by atoms with E-state index in [1.165, 1.54) is 24.3 Å². The molecule has 0 aliphatic heterocycles. The average molecular weight is 349 g/mol. The minimum absolute atomic E-state index is 0.0802. The van der Waals surface area contributed by atoms with Crippen LogP contribution in [0.2, 0.25) is 13.7 Å². The normalized spacial score (nSPS) is 11.9. The lowest BCUT2D eigenvalue weighted by atomic mass is 9.92. The van der Waals surface area contributed by atoms with Crippen LogP contribution in [0.15, 0.2) is 24.3 Å². The molecule has 0 saturated heterocycles. The molecular weight excluding hydrogens is 344 g/mol. The molecule has 0 bridgehead atoms. The Balaban J connectivity index is 2.48. The largest absolute Gasteiger partial charge is 0.292 e. The van der Waals surface area contributed by atoms with Gasteiger partial charge in [-0.3, -0.25) is 4.79 Å². The van der Waals surface area contributed by atoms with Crippen LogP contribution in [0.5, 0.6) is 0 Å². The molecule has 1 atom stereocenters. The molecule has 0 N–H and O–H groups in total. The van der Waals surface area contributed by atoms with Gasteiger partial charge in [0.15, 0.2) is 5.78 Å².